The van der Waals surface area contributed by atoms with Crippen molar-refractivity contribution in [1.82, 2.24) is 5.32 Å². The summed E-state index contributed by atoms with van der Waals surface area (Å²) in [6, 6.07) is -0.932. The Bertz CT molecular complexity index is 435. The fraction of sp³-hybridized carbons (Fsp3) is 0.765. The molecular weight excluding hydrogens is 312 g/mol. The number of nitrogens with one attached hydrogen (secondary N) is 2. The minimum absolute atomic E-state index is 0.00881. The van der Waals surface area contributed by atoms with E-state index in [0.29, 0.717) is 12.6 Å². The minimum Gasteiger partial charge on any atom is -0.461 e. The van der Waals surface area contributed by atoms with Crippen LogP contribution in [-0.2, 0) is 23.9 Å². The number of amides is 1. The van der Waals surface area contributed by atoms with Gasteiger partial charge in [0.25, 0.3) is 0 Å². The van der Waals surface area contributed by atoms with Crippen LogP contribution < -0.4 is 5.32 Å². The monoisotopic (exact) mass is 342 g/mol. The molecule has 0 saturated heterocycles. The van der Waals surface area contributed by atoms with E-state index in [2.05, 4.69) is 5.32 Å². The molecule has 0 aliphatic rings. The lowest BCUT2D eigenvalue weighted by molar-refractivity contribution is -0.153. The third-order valence-electron chi connectivity index (χ3n) is 3.07. The molecule has 0 spiro atoms. The molecule has 0 heterocycles. The number of ether oxygens (including phenoxy) is 2. The topological polar surface area (TPSA) is 106 Å². The van der Waals surface area contributed by atoms with Gasteiger partial charge in [-0.2, -0.15) is 0 Å². The first-order chi connectivity index (χ1) is 11.2. The second-order valence-corrected chi connectivity index (χ2v) is 6.16. The fourth-order valence-corrected chi connectivity index (χ4v) is 2.04. The van der Waals surface area contributed by atoms with E-state index in [9.17, 15) is 14.4 Å². The van der Waals surface area contributed by atoms with Crippen LogP contribution in [0.5, 0.6) is 0 Å². The van der Waals surface area contributed by atoms with Gasteiger partial charge in [0.2, 0.25) is 5.91 Å². The van der Waals surface area contributed by atoms with Crippen LogP contribution in [0.3, 0.4) is 0 Å². The predicted molar refractivity (Wildman–Crippen MR) is 91.1 cm³/mol. The molecule has 0 rings (SSSR count). The van der Waals surface area contributed by atoms with E-state index >= 15 is 0 Å². The summed E-state index contributed by atoms with van der Waals surface area (Å²) in [6.45, 7) is 9.03. The largest absolute Gasteiger partial charge is 0.461 e. The van der Waals surface area contributed by atoms with Crippen LogP contribution >= 0.6 is 0 Å². The van der Waals surface area contributed by atoms with Gasteiger partial charge in [-0.25, -0.2) is 4.79 Å². The highest BCUT2D eigenvalue weighted by atomic mass is 16.5. The predicted octanol–water partition coefficient (Wildman–Crippen LogP) is 2.02. The maximum atomic E-state index is 12.4. The van der Waals surface area contributed by atoms with Crippen molar-refractivity contribution < 1.29 is 23.9 Å². The molecule has 7 heteroatoms. The second kappa shape index (κ2) is 11.7. The summed E-state index contributed by atoms with van der Waals surface area (Å²) in [5.41, 5.74) is 0. The van der Waals surface area contributed by atoms with Crippen LogP contribution in [0.25, 0.3) is 0 Å². The van der Waals surface area contributed by atoms with Gasteiger partial charge in [0, 0.05) is 6.42 Å². The summed E-state index contributed by atoms with van der Waals surface area (Å²) in [7, 11) is 0. The maximum Gasteiger partial charge on any atom is 0.328 e. The summed E-state index contributed by atoms with van der Waals surface area (Å²) >= 11 is 0. The lowest BCUT2D eigenvalue weighted by atomic mass is 10.1. The average Bonchev–Trinajstić information content (AvgIpc) is 2.49. The van der Waals surface area contributed by atoms with Gasteiger partial charge in [-0.3, -0.25) is 9.59 Å². The van der Waals surface area contributed by atoms with Crippen LogP contribution in [0.1, 0.15) is 60.3 Å². The molecule has 0 unspecified atom stereocenters. The molecule has 0 aromatic rings. The van der Waals surface area contributed by atoms with Gasteiger partial charge in [0.05, 0.1) is 18.4 Å². The zero-order chi connectivity index (χ0) is 18.7. The Kier molecular flexibility index (Phi) is 10.9. The zero-order valence-electron chi connectivity index (χ0n) is 15.3. The van der Waals surface area contributed by atoms with Gasteiger partial charge in [-0.05, 0) is 40.5 Å². The highest BCUT2D eigenvalue weighted by Gasteiger charge is 2.28. The van der Waals surface area contributed by atoms with Gasteiger partial charge in [-0.1, -0.05) is 13.3 Å². The van der Waals surface area contributed by atoms with Gasteiger partial charge < -0.3 is 20.2 Å². The first-order valence-corrected chi connectivity index (χ1v) is 8.40. The van der Waals surface area contributed by atoms with Gasteiger partial charge in [-0.15, -0.1) is 0 Å². The molecule has 2 atom stereocenters. The normalized spacial score (nSPS) is 13.5. The maximum absolute atomic E-state index is 12.4. The molecule has 1 amide bonds. The molecular formula is C17H30N2O5. The molecule has 0 radical (unpaired) electrons. The van der Waals surface area contributed by atoms with Crippen LogP contribution in [-0.4, -0.2) is 48.2 Å². The Morgan fingerprint density at radius 3 is 2.17 bits per heavy atom. The number of carbonyl (C=O) groups excluding carboxylic acids is 3. The Labute approximate surface area is 144 Å². The molecule has 0 bridgehead atoms. The van der Waals surface area contributed by atoms with E-state index < -0.39 is 29.8 Å². The Morgan fingerprint density at radius 2 is 1.71 bits per heavy atom. The number of hydrogen-bond acceptors (Lipinski definition) is 6. The van der Waals surface area contributed by atoms with Crippen molar-refractivity contribution >= 4 is 23.9 Å². The van der Waals surface area contributed by atoms with Gasteiger partial charge in [0.15, 0.2) is 5.78 Å². The molecule has 0 aromatic carbocycles. The van der Waals surface area contributed by atoms with Crippen molar-refractivity contribution in [3.05, 3.63) is 0 Å². The van der Waals surface area contributed by atoms with Gasteiger partial charge in [0.1, 0.15) is 12.1 Å². The van der Waals surface area contributed by atoms with E-state index in [-0.39, 0.29) is 25.0 Å². The highest BCUT2D eigenvalue weighted by molar-refractivity contribution is 6.26. The second-order valence-electron chi connectivity index (χ2n) is 6.16. The Morgan fingerprint density at radius 1 is 1.08 bits per heavy atom. The molecule has 0 aliphatic carbocycles. The molecule has 0 saturated carbocycles. The van der Waals surface area contributed by atoms with Crippen molar-refractivity contribution in [1.29, 1.82) is 5.41 Å². The van der Waals surface area contributed by atoms with E-state index in [0.717, 1.165) is 6.42 Å². The van der Waals surface area contributed by atoms with Crippen LogP contribution in [0, 0.1) is 5.41 Å². The van der Waals surface area contributed by atoms with Gasteiger partial charge >= 0.3 is 5.97 Å². The van der Waals surface area contributed by atoms with E-state index in [1.807, 2.05) is 20.8 Å². The van der Waals surface area contributed by atoms with Crippen molar-refractivity contribution in [3.8, 4) is 0 Å². The van der Waals surface area contributed by atoms with Crippen molar-refractivity contribution in [2.24, 2.45) is 0 Å². The summed E-state index contributed by atoms with van der Waals surface area (Å²) < 4.78 is 10.7. The number of hydrogen-bond donors (Lipinski definition) is 2. The molecule has 0 aromatic heterocycles. The van der Waals surface area contributed by atoms with E-state index in [1.54, 1.807) is 13.8 Å². The Hall–Kier alpha value is -1.76. The van der Waals surface area contributed by atoms with E-state index in [1.165, 1.54) is 0 Å². The van der Waals surface area contributed by atoms with Crippen LogP contribution in [0.4, 0.5) is 0 Å². The summed E-state index contributed by atoms with van der Waals surface area (Å²) in [5, 5.41) is 9.54. The Balaban J connectivity index is 4.97. The lowest BCUT2D eigenvalue weighted by Gasteiger charge is -2.23. The number of carbonyl (C=O) groups is 3. The van der Waals surface area contributed by atoms with Crippen LogP contribution in [0.2, 0.25) is 0 Å². The van der Waals surface area contributed by atoms with Crippen molar-refractivity contribution in [3.63, 3.8) is 0 Å². The summed E-state index contributed by atoms with van der Waals surface area (Å²) in [5.74, 6) is -1.38. The van der Waals surface area contributed by atoms with Crippen molar-refractivity contribution in [2.75, 3.05) is 0 Å². The van der Waals surface area contributed by atoms with Crippen LogP contribution in [0.15, 0.2) is 0 Å². The molecule has 0 fully saturated rings. The molecule has 2 N–H and O–H groups in total. The molecule has 138 valence electrons. The number of rotatable bonds is 12. The smallest absolute Gasteiger partial charge is 0.328 e. The fourth-order valence-electron chi connectivity index (χ4n) is 2.04. The van der Waals surface area contributed by atoms with Crippen molar-refractivity contribution in [2.45, 2.75) is 84.7 Å². The number of Topliss-reactive ketones (excluding diaryl/α,β-unsaturated/α-hetero) is 1. The zero-order valence-corrected chi connectivity index (χ0v) is 15.3. The third kappa shape index (κ3) is 9.39. The SMILES string of the molecule is CCC[C@H](OC(C)C)C(=O)N[C@@H](CCC(=O)C=N)C(=O)OC(C)C. The lowest BCUT2D eigenvalue weighted by Crippen LogP contribution is -2.48. The third-order valence-corrected chi connectivity index (χ3v) is 3.07. The standard InChI is InChI=1S/C17H30N2O5/c1-6-7-15(23-11(2)3)16(21)19-14(9-8-13(20)10-18)17(22)24-12(4)5/h10-12,14-15,18H,6-9H2,1-5H3,(H,19,21)/t14-,15-/m0/s1. The number of ketones is 1. The molecule has 0 aliphatic heterocycles. The summed E-state index contributed by atoms with van der Waals surface area (Å²) in [4.78, 5) is 35.9. The summed E-state index contributed by atoms with van der Waals surface area (Å²) in [6.07, 6.45) is 0.989. The number of esters is 1. The molecule has 24 heavy (non-hydrogen) atoms. The quantitative estimate of drug-likeness (QED) is 0.417. The first kappa shape index (κ1) is 22.2. The average molecular weight is 342 g/mol. The minimum atomic E-state index is -0.932. The highest BCUT2D eigenvalue weighted by Crippen LogP contribution is 2.09. The first-order valence-electron chi connectivity index (χ1n) is 8.40. The molecule has 7 nitrogen and oxygen atoms in total. The van der Waals surface area contributed by atoms with E-state index in [4.69, 9.17) is 14.9 Å².